The predicted molar refractivity (Wildman–Crippen MR) is 56.7 cm³/mol. The second kappa shape index (κ2) is 5.84. The molecule has 0 fully saturated rings. The van der Waals surface area contributed by atoms with Crippen molar-refractivity contribution in [2.75, 3.05) is 11.9 Å². The molecule has 1 aromatic carbocycles. The monoisotopic (exact) mass is 280 g/mol. The van der Waals surface area contributed by atoms with Crippen LogP contribution in [0.2, 0.25) is 0 Å². The van der Waals surface area contributed by atoms with Crippen molar-refractivity contribution in [3.8, 4) is 6.07 Å². The molecule has 104 valence electrons. The summed E-state index contributed by atoms with van der Waals surface area (Å²) in [7, 11) is 0. The van der Waals surface area contributed by atoms with Gasteiger partial charge in [0.05, 0.1) is 17.2 Å². The van der Waals surface area contributed by atoms with Gasteiger partial charge in [0.2, 0.25) is 0 Å². The Bertz CT molecular complexity index is 481. The Morgan fingerprint density at radius 1 is 1.32 bits per heavy atom. The molecule has 0 radical (unpaired) electrons. The highest BCUT2D eigenvalue weighted by Crippen LogP contribution is 2.32. The third-order valence-corrected chi connectivity index (χ3v) is 2.25. The molecule has 0 aliphatic rings. The topological polar surface area (TPSA) is 56.0 Å². The van der Waals surface area contributed by atoms with Gasteiger partial charge in [0.15, 0.2) is 0 Å². The first kappa shape index (κ1) is 15.2. The lowest BCUT2D eigenvalue weighted by atomic mass is 10.1. The largest absolute Gasteiger partial charge is 0.417 e. The number of nitrogens with zero attached hydrogens (tertiary/aromatic N) is 1. The van der Waals surface area contributed by atoms with Crippen LogP contribution in [-0.4, -0.2) is 24.2 Å². The third kappa shape index (κ3) is 4.06. The van der Waals surface area contributed by atoms with E-state index in [1.54, 1.807) is 0 Å². The third-order valence-electron chi connectivity index (χ3n) is 2.25. The van der Waals surface area contributed by atoms with Gasteiger partial charge in [0.25, 0.3) is 6.43 Å². The molecule has 0 bridgehead atoms. The van der Waals surface area contributed by atoms with Crippen molar-refractivity contribution in [2.45, 2.75) is 18.7 Å². The second-order valence-electron chi connectivity index (χ2n) is 3.65. The van der Waals surface area contributed by atoms with Gasteiger partial charge in [-0.1, -0.05) is 0 Å². The van der Waals surface area contributed by atoms with Crippen LogP contribution in [-0.2, 0) is 6.18 Å². The molecule has 0 saturated carbocycles. The number of rotatable bonds is 4. The Labute approximate surface area is 105 Å². The number of nitriles is 1. The van der Waals surface area contributed by atoms with Gasteiger partial charge in [-0.2, -0.15) is 18.4 Å². The molecule has 19 heavy (non-hydrogen) atoms. The van der Waals surface area contributed by atoms with E-state index in [-0.39, 0.29) is 5.69 Å². The Hall–Kier alpha value is -1.88. The van der Waals surface area contributed by atoms with Gasteiger partial charge in [-0.3, -0.25) is 0 Å². The van der Waals surface area contributed by atoms with Gasteiger partial charge >= 0.3 is 6.18 Å². The molecule has 0 saturated heterocycles. The molecule has 0 spiro atoms. The van der Waals surface area contributed by atoms with E-state index in [4.69, 9.17) is 10.4 Å². The van der Waals surface area contributed by atoms with Crippen LogP contribution in [0.5, 0.6) is 0 Å². The summed E-state index contributed by atoms with van der Waals surface area (Å²) < 4.78 is 61.4. The summed E-state index contributed by atoms with van der Waals surface area (Å²) in [5.74, 6) is 0. The van der Waals surface area contributed by atoms with Crippen molar-refractivity contribution in [2.24, 2.45) is 0 Å². The van der Waals surface area contributed by atoms with Crippen LogP contribution in [0.15, 0.2) is 18.2 Å². The van der Waals surface area contributed by atoms with Gasteiger partial charge in [0, 0.05) is 12.2 Å². The Morgan fingerprint density at radius 3 is 2.42 bits per heavy atom. The molecule has 1 aromatic rings. The fourth-order valence-corrected chi connectivity index (χ4v) is 1.31. The number of alkyl halides is 5. The Balaban J connectivity index is 2.87. The number of hydrogen-bond donors (Lipinski definition) is 2. The average molecular weight is 280 g/mol. The van der Waals surface area contributed by atoms with Crippen LogP contribution < -0.4 is 5.32 Å². The zero-order valence-electron chi connectivity index (χ0n) is 9.38. The molecule has 0 aromatic heterocycles. The fourth-order valence-electron chi connectivity index (χ4n) is 1.31. The minimum Gasteiger partial charge on any atom is -0.385 e. The summed E-state index contributed by atoms with van der Waals surface area (Å²) in [5.41, 5.74) is -1.68. The summed E-state index contributed by atoms with van der Waals surface area (Å²) in [6.45, 7) is -0.534. The molecule has 1 rings (SSSR count). The highest BCUT2D eigenvalue weighted by molar-refractivity contribution is 5.53. The average Bonchev–Trinajstić information content (AvgIpc) is 2.34. The van der Waals surface area contributed by atoms with Crippen molar-refractivity contribution in [1.29, 1.82) is 5.26 Å². The van der Waals surface area contributed by atoms with Crippen LogP contribution in [0.4, 0.5) is 27.6 Å². The smallest absolute Gasteiger partial charge is 0.385 e. The van der Waals surface area contributed by atoms with E-state index in [1.165, 1.54) is 6.07 Å². The van der Waals surface area contributed by atoms with E-state index >= 15 is 0 Å². The van der Waals surface area contributed by atoms with Crippen molar-refractivity contribution >= 4 is 5.69 Å². The molecule has 1 atom stereocenters. The predicted octanol–water partition coefficient (Wildman–Crippen LogP) is 2.61. The molecular formula is C11H9F5N2O. The standard InChI is InChI=1S/C11H9F5N2O/c12-10(13)9(19)5-18-7-1-2-8(11(14,15)16)6(3-7)4-17/h1-3,9-10,18-19H,5H2. The van der Waals surface area contributed by atoms with E-state index in [0.717, 1.165) is 12.1 Å². The zero-order valence-corrected chi connectivity index (χ0v) is 9.38. The lowest BCUT2D eigenvalue weighted by Gasteiger charge is -2.14. The first-order chi connectivity index (χ1) is 8.75. The zero-order chi connectivity index (χ0) is 14.6. The molecule has 0 heterocycles. The van der Waals surface area contributed by atoms with Gasteiger partial charge in [-0.15, -0.1) is 0 Å². The summed E-state index contributed by atoms with van der Waals surface area (Å²) in [4.78, 5) is 0. The minimum absolute atomic E-state index is 0.0456. The van der Waals surface area contributed by atoms with Crippen molar-refractivity contribution < 1.29 is 27.1 Å². The second-order valence-corrected chi connectivity index (χ2v) is 3.65. The summed E-state index contributed by atoms with van der Waals surface area (Å²) in [5, 5.41) is 19.8. The van der Waals surface area contributed by atoms with Crippen LogP contribution in [0, 0.1) is 11.3 Å². The summed E-state index contributed by atoms with van der Waals surface area (Å²) in [6.07, 6.45) is -9.56. The molecule has 0 amide bonds. The van der Waals surface area contributed by atoms with Gasteiger partial charge < -0.3 is 10.4 Å². The van der Waals surface area contributed by atoms with Gasteiger partial charge in [0.1, 0.15) is 6.10 Å². The number of halogens is 5. The maximum absolute atomic E-state index is 12.5. The molecule has 2 N–H and O–H groups in total. The summed E-state index contributed by atoms with van der Waals surface area (Å²) in [6, 6.07) is 3.95. The van der Waals surface area contributed by atoms with E-state index in [2.05, 4.69) is 5.32 Å². The molecule has 1 unspecified atom stereocenters. The number of hydrogen-bond acceptors (Lipinski definition) is 3. The molecule has 3 nitrogen and oxygen atoms in total. The first-order valence-electron chi connectivity index (χ1n) is 5.07. The van der Waals surface area contributed by atoms with Crippen LogP contribution >= 0.6 is 0 Å². The summed E-state index contributed by atoms with van der Waals surface area (Å²) >= 11 is 0. The molecular weight excluding hydrogens is 271 g/mol. The van der Waals surface area contributed by atoms with E-state index in [1.807, 2.05) is 0 Å². The Kier molecular flexibility index (Phi) is 4.67. The lowest BCUT2D eigenvalue weighted by Crippen LogP contribution is -2.26. The number of nitrogens with one attached hydrogen (secondary N) is 1. The van der Waals surface area contributed by atoms with Crippen molar-refractivity contribution in [3.63, 3.8) is 0 Å². The highest BCUT2D eigenvalue weighted by atomic mass is 19.4. The Morgan fingerprint density at radius 2 is 1.95 bits per heavy atom. The normalized spacial score (nSPS) is 13.2. The van der Waals surface area contributed by atoms with Gasteiger partial charge in [-0.05, 0) is 18.2 Å². The van der Waals surface area contributed by atoms with Crippen LogP contribution in [0.3, 0.4) is 0 Å². The molecule has 0 aliphatic heterocycles. The van der Waals surface area contributed by atoms with Crippen molar-refractivity contribution in [3.05, 3.63) is 29.3 Å². The lowest BCUT2D eigenvalue weighted by molar-refractivity contribution is -0.137. The maximum Gasteiger partial charge on any atom is 0.417 e. The van der Waals surface area contributed by atoms with E-state index in [9.17, 15) is 22.0 Å². The number of anilines is 1. The number of aliphatic hydroxyl groups excluding tert-OH is 1. The maximum atomic E-state index is 12.5. The van der Waals surface area contributed by atoms with Crippen LogP contribution in [0.25, 0.3) is 0 Å². The number of aliphatic hydroxyl groups is 1. The first-order valence-corrected chi connectivity index (χ1v) is 5.07. The number of benzene rings is 1. The van der Waals surface area contributed by atoms with Crippen LogP contribution in [0.1, 0.15) is 11.1 Å². The van der Waals surface area contributed by atoms with Crippen molar-refractivity contribution in [1.82, 2.24) is 0 Å². The molecule has 8 heteroatoms. The van der Waals surface area contributed by atoms with E-state index < -0.39 is 36.4 Å². The highest BCUT2D eigenvalue weighted by Gasteiger charge is 2.33. The van der Waals surface area contributed by atoms with E-state index in [0.29, 0.717) is 6.07 Å². The minimum atomic E-state index is -4.66. The quantitative estimate of drug-likeness (QED) is 0.833. The fraction of sp³-hybridized carbons (Fsp3) is 0.364. The van der Waals surface area contributed by atoms with Gasteiger partial charge in [-0.25, -0.2) is 8.78 Å². The molecule has 0 aliphatic carbocycles. The SMILES string of the molecule is N#Cc1cc(NCC(O)C(F)F)ccc1C(F)(F)F.